The first kappa shape index (κ1) is 36.6. The highest BCUT2D eigenvalue weighted by molar-refractivity contribution is 5.95. The zero-order valence-corrected chi connectivity index (χ0v) is 28.9. The molecule has 266 valence electrons. The predicted octanol–water partition coefficient (Wildman–Crippen LogP) is 7.49. The van der Waals surface area contributed by atoms with Crippen LogP contribution >= 0.6 is 0 Å². The number of carboxylic acid groups (broad SMARTS) is 2. The summed E-state index contributed by atoms with van der Waals surface area (Å²) in [4.78, 5) is 56.4. The van der Waals surface area contributed by atoms with Crippen LogP contribution in [-0.2, 0) is 32.3 Å². The van der Waals surface area contributed by atoms with Crippen LogP contribution in [0, 0.1) is 23.7 Å². The molecule has 10 nitrogen and oxygen atoms in total. The lowest BCUT2D eigenvalue weighted by atomic mass is 9.54. The van der Waals surface area contributed by atoms with Gasteiger partial charge in [0, 0.05) is 32.6 Å². The van der Waals surface area contributed by atoms with Crippen molar-refractivity contribution in [1.82, 2.24) is 9.80 Å². The molecular weight excluding hydrogens is 648 g/mol. The van der Waals surface area contributed by atoms with E-state index in [2.05, 4.69) is 0 Å². The highest BCUT2D eigenvalue weighted by atomic mass is 16.5. The Labute approximate surface area is 298 Å². The van der Waals surface area contributed by atoms with E-state index in [-0.39, 0.29) is 13.1 Å². The molecule has 4 aromatic rings. The van der Waals surface area contributed by atoms with Crippen molar-refractivity contribution < 1.29 is 38.9 Å². The van der Waals surface area contributed by atoms with Crippen molar-refractivity contribution in [3.63, 3.8) is 0 Å². The second kappa shape index (κ2) is 17.3. The molecule has 1 aliphatic rings. The molecule has 0 aromatic heterocycles. The van der Waals surface area contributed by atoms with Crippen LogP contribution in [0.15, 0.2) is 109 Å². The van der Waals surface area contributed by atoms with E-state index in [1.165, 1.54) is 0 Å². The molecule has 0 bridgehead atoms. The molecule has 10 heteroatoms. The van der Waals surface area contributed by atoms with Crippen LogP contribution in [0.2, 0.25) is 0 Å². The average Bonchev–Trinajstić information content (AvgIpc) is 3.11. The normalized spacial score (nSPS) is 17.8. The molecule has 4 aromatic carbocycles. The summed E-state index contributed by atoms with van der Waals surface area (Å²) >= 11 is 0. The Bertz CT molecular complexity index is 1760. The second-order valence-corrected chi connectivity index (χ2v) is 12.8. The number of hydrogen-bond acceptors (Lipinski definition) is 6. The second-order valence-electron chi connectivity index (χ2n) is 12.8. The van der Waals surface area contributed by atoms with Crippen LogP contribution in [0.1, 0.15) is 44.2 Å². The van der Waals surface area contributed by atoms with Gasteiger partial charge >= 0.3 is 11.9 Å². The van der Waals surface area contributed by atoms with Crippen LogP contribution in [0.4, 0.5) is 0 Å². The Morgan fingerprint density at radius 3 is 1.31 bits per heavy atom. The summed E-state index contributed by atoms with van der Waals surface area (Å²) in [5, 5.41) is 20.0. The van der Waals surface area contributed by atoms with E-state index in [0.29, 0.717) is 48.9 Å². The highest BCUT2D eigenvalue weighted by Crippen LogP contribution is 2.50. The van der Waals surface area contributed by atoms with Crippen LogP contribution in [-0.4, -0.2) is 56.9 Å². The number of amides is 2. The molecule has 5 rings (SSSR count). The Balaban J connectivity index is 1.36. The lowest BCUT2D eigenvalue weighted by Gasteiger charge is -2.50. The van der Waals surface area contributed by atoms with E-state index in [4.69, 9.17) is 9.47 Å². The Morgan fingerprint density at radius 1 is 0.549 bits per heavy atom. The van der Waals surface area contributed by atoms with E-state index < -0.39 is 53.8 Å². The van der Waals surface area contributed by atoms with E-state index in [1.54, 1.807) is 21.9 Å². The summed E-state index contributed by atoms with van der Waals surface area (Å²) in [7, 11) is 0. The van der Waals surface area contributed by atoms with Gasteiger partial charge in [-0.05, 0) is 78.4 Å². The van der Waals surface area contributed by atoms with Gasteiger partial charge in [-0.3, -0.25) is 19.2 Å². The fraction of sp³-hybridized carbons (Fsp3) is 0.317. The maximum Gasteiger partial charge on any atom is 0.307 e. The van der Waals surface area contributed by atoms with E-state index in [1.807, 2.05) is 111 Å². The lowest BCUT2D eigenvalue weighted by molar-refractivity contribution is -0.181. The molecule has 0 heterocycles. The SMILES string of the molecule is CCCN(Cc1ccc(Oc2ccccc2)cc1)C(=O)[C@H]1[C@@H](C(=O)O)[C@H](CC(=O)O)[C@@H]1C(=O)N(CCC)Cc1ccc(Oc2ccccc2)cc1. The average molecular weight is 693 g/mol. The zero-order chi connectivity index (χ0) is 36.3. The van der Waals surface area contributed by atoms with Crippen LogP contribution in [0.5, 0.6) is 23.0 Å². The summed E-state index contributed by atoms with van der Waals surface area (Å²) in [6.07, 6.45) is 0.692. The fourth-order valence-corrected chi connectivity index (χ4v) is 6.78. The number of ether oxygens (including phenoxy) is 2. The number of aliphatic carboxylic acids is 2. The van der Waals surface area contributed by atoms with E-state index in [0.717, 1.165) is 11.1 Å². The van der Waals surface area contributed by atoms with Gasteiger partial charge in [0.2, 0.25) is 11.8 Å². The minimum absolute atomic E-state index is 0.196. The first-order chi connectivity index (χ1) is 24.7. The summed E-state index contributed by atoms with van der Waals surface area (Å²) < 4.78 is 11.8. The standard InChI is InChI=1S/C41H44N2O8/c1-3-23-42(26-28-15-19-32(20-16-28)50-30-11-7-5-8-12-30)39(46)36-34(25-35(44)45)37(41(48)49)38(36)40(47)43(24-4-2)27-29-17-21-33(22-18-29)51-31-13-9-6-10-14-31/h5-22,34,36-38H,3-4,23-27H2,1-2H3,(H,44,45)(H,48,49)/t34-,36+,37+,38-/m1/s1. The monoisotopic (exact) mass is 692 g/mol. The van der Waals surface area contributed by atoms with Gasteiger partial charge in [0.1, 0.15) is 23.0 Å². The van der Waals surface area contributed by atoms with E-state index in [9.17, 15) is 29.4 Å². The molecule has 2 amide bonds. The maximum atomic E-state index is 14.4. The molecule has 4 atom stereocenters. The van der Waals surface area contributed by atoms with Crippen molar-refractivity contribution in [2.75, 3.05) is 13.1 Å². The summed E-state index contributed by atoms with van der Waals surface area (Å²) in [5.41, 5.74) is 1.62. The van der Waals surface area contributed by atoms with Gasteiger partial charge in [0.15, 0.2) is 0 Å². The van der Waals surface area contributed by atoms with Crippen molar-refractivity contribution in [3.8, 4) is 23.0 Å². The van der Waals surface area contributed by atoms with Crippen LogP contribution in [0.3, 0.4) is 0 Å². The van der Waals surface area contributed by atoms with Crippen molar-refractivity contribution in [2.24, 2.45) is 23.7 Å². The molecule has 1 aliphatic carbocycles. The fourth-order valence-electron chi connectivity index (χ4n) is 6.78. The Kier molecular flexibility index (Phi) is 12.5. The van der Waals surface area contributed by atoms with Gasteiger partial charge < -0.3 is 29.5 Å². The predicted molar refractivity (Wildman–Crippen MR) is 191 cm³/mol. The Hall–Kier alpha value is -5.64. The lowest BCUT2D eigenvalue weighted by Crippen LogP contribution is -2.62. The third kappa shape index (κ3) is 9.33. The smallest absolute Gasteiger partial charge is 0.307 e. The maximum absolute atomic E-state index is 14.4. The van der Waals surface area contributed by atoms with Gasteiger partial charge in [0.05, 0.1) is 17.8 Å². The van der Waals surface area contributed by atoms with Gasteiger partial charge in [-0.25, -0.2) is 0 Å². The summed E-state index contributed by atoms with van der Waals surface area (Å²) in [6, 6.07) is 33.3. The van der Waals surface area contributed by atoms with E-state index >= 15 is 0 Å². The molecule has 0 unspecified atom stereocenters. The van der Waals surface area contributed by atoms with Gasteiger partial charge in [-0.15, -0.1) is 0 Å². The molecular formula is C41H44N2O8. The third-order valence-electron chi connectivity index (χ3n) is 9.12. The summed E-state index contributed by atoms with van der Waals surface area (Å²) in [6.45, 7) is 4.94. The highest BCUT2D eigenvalue weighted by Gasteiger charge is 2.62. The van der Waals surface area contributed by atoms with Crippen molar-refractivity contribution in [3.05, 3.63) is 120 Å². The number of nitrogens with zero attached hydrogens (tertiary/aromatic N) is 2. The number of hydrogen-bond donors (Lipinski definition) is 2. The van der Waals surface area contributed by atoms with Gasteiger partial charge in [0.25, 0.3) is 0 Å². The number of para-hydroxylation sites is 2. The van der Waals surface area contributed by atoms with Crippen LogP contribution < -0.4 is 9.47 Å². The number of carbonyl (C=O) groups excluding carboxylic acids is 2. The number of rotatable bonds is 17. The Morgan fingerprint density at radius 2 is 0.941 bits per heavy atom. The molecule has 0 saturated heterocycles. The molecule has 0 aliphatic heterocycles. The van der Waals surface area contributed by atoms with Crippen molar-refractivity contribution >= 4 is 23.8 Å². The minimum atomic E-state index is -1.30. The molecule has 51 heavy (non-hydrogen) atoms. The largest absolute Gasteiger partial charge is 0.481 e. The van der Waals surface area contributed by atoms with Crippen LogP contribution in [0.25, 0.3) is 0 Å². The zero-order valence-electron chi connectivity index (χ0n) is 28.9. The minimum Gasteiger partial charge on any atom is -0.481 e. The number of carbonyl (C=O) groups is 4. The molecule has 2 N–H and O–H groups in total. The molecule has 0 spiro atoms. The number of benzene rings is 4. The van der Waals surface area contributed by atoms with Gasteiger partial charge in [-0.2, -0.15) is 0 Å². The quantitative estimate of drug-likeness (QED) is 0.116. The summed E-state index contributed by atoms with van der Waals surface area (Å²) in [5.74, 6) is -5.36. The first-order valence-electron chi connectivity index (χ1n) is 17.3. The molecule has 0 radical (unpaired) electrons. The molecule has 1 fully saturated rings. The van der Waals surface area contributed by atoms with Gasteiger partial charge in [-0.1, -0.05) is 74.5 Å². The topological polar surface area (TPSA) is 134 Å². The third-order valence-corrected chi connectivity index (χ3v) is 9.12. The first-order valence-corrected chi connectivity index (χ1v) is 17.3. The molecule has 1 saturated carbocycles. The van der Waals surface area contributed by atoms with Crippen molar-refractivity contribution in [2.45, 2.75) is 46.2 Å². The number of carboxylic acids is 2. The van der Waals surface area contributed by atoms with Crippen molar-refractivity contribution in [1.29, 1.82) is 0 Å².